The minimum atomic E-state index is -0.324. The van der Waals surface area contributed by atoms with Gasteiger partial charge in [-0.15, -0.1) is 0 Å². The van der Waals surface area contributed by atoms with Crippen molar-refractivity contribution in [1.29, 1.82) is 0 Å². The van der Waals surface area contributed by atoms with Crippen LogP contribution in [-0.2, 0) is 0 Å². The number of amides is 1. The molecule has 1 amide bonds. The van der Waals surface area contributed by atoms with Crippen molar-refractivity contribution in [3.63, 3.8) is 0 Å². The largest absolute Gasteiger partial charge is 0.497 e. The van der Waals surface area contributed by atoms with Crippen LogP contribution in [0.15, 0.2) is 59.0 Å². The van der Waals surface area contributed by atoms with Crippen molar-refractivity contribution in [2.75, 3.05) is 19.5 Å². The molecule has 0 aliphatic rings. The molecule has 0 radical (unpaired) electrons. The second kappa shape index (κ2) is 8.26. The van der Waals surface area contributed by atoms with Crippen LogP contribution >= 0.6 is 23.2 Å². The van der Waals surface area contributed by atoms with E-state index in [0.717, 1.165) is 0 Å². The third kappa shape index (κ3) is 3.92. The Balaban J connectivity index is 1.63. The van der Waals surface area contributed by atoms with Crippen LogP contribution in [0.1, 0.15) is 10.4 Å². The zero-order chi connectivity index (χ0) is 21.3. The molecule has 6 nitrogen and oxygen atoms in total. The minimum Gasteiger partial charge on any atom is -0.497 e. The summed E-state index contributed by atoms with van der Waals surface area (Å²) in [7, 11) is 3.04. The molecule has 0 unspecified atom stereocenters. The van der Waals surface area contributed by atoms with Gasteiger partial charge in [0.15, 0.2) is 5.58 Å². The Morgan fingerprint density at radius 1 is 1.00 bits per heavy atom. The molecule has 0 fully saturated rings. The Labute approximate surface area is 182 Å². The molecule has 4 aromatic rings. The SMILES string of the molecule is COc1ccc(C(=O)Nc2ccc3oc(-c4cc(Cl)ccc4Cl)nc3c2)c(OC)c1. The third-order valence-electron chi connectivity index (χ3n) is 4.46. The number of hydrogen-bond acceptors (Lipinski definition) is 5. The van der Waals surface area contributed by atoms with E-state index in [1.807, 2.05) is 0 Å². The maximum atomic E-state index is 12.7. The number of carbonyl (C=O) groups excluding carboxylic acids is 1. The van der Waals surface area contributed by atoms with Gasteiger partial charge in [-0.2, -0.15) is 0 Å². The van der Waals surface area contributed by atoms with Gasteiger partial charge < -0.3 is 19.2 Å². The molecular formula is C22H16Cl2N2O4. The van der Waals surface area contributed by atoms with Crippen molar-refractivity contribution < 1.29 is 18.7 Å². The molecule has 3 aromatic carbocycles. The smallest absolute Gasteiger partial charge is 0.259 e. The van der Waals surface area contributed by atoms with Gasteiger partial charge in [-0.3, -0.25) is 4.79 Å². The van der Waals surface area contributed by atoms with Gasteiger partial charge in [-0.05, 0) is 48.5 Å². The number of benzene rings is 3. The van der Waals surface area contributed by atoms with Crippen LogP contribution in [0, 0.1) is 0 Å². The highest BCUT2D eigenvalue weighted by molar-refractivity contribution is 6.35. The van der Waals surface area contributed by atoms with E-state index >= 15 is 0 Å². The molecule has 0 spiro atoms. The van der Waals surface area contributed by atoms with Gasteiger partial charge in [0.2, 0.25) is 5.89 Å². The van der Waals surface area contributed by atoms with Crippen LogP contribution in [0.3, 0.4) is 0 Å². The van der Waals surface area contributed by atoms with Crippen LogP contribution < -0.4 is 14.8 Å². The second-order valence-electron chi connectivity index (χ2n) is 6.35. The topological polar surface area (TPSA) is 73.6 Å². The summed E-state index contributed by atoms with van der Waals surface area (Å²) in [5, 5.41) is 3.85. The van der Waals surface area contributed by atoms with Crippen LogP contribution in [-0.4, -0.2) is 25.1 Å². The van der Waals surface area contributed by atoms with E-state index in [2.05, 4.69) is 10.3 Å². The van der Waals surface area contributed by atoms with Crippen LogP contribution in [0.4, 0.5) is 5.69 Å². The fraction of sp³-hybridized carbons (Fsp3) is 0.0909. The van der Waals surface area contributed by atoms with E-state index in [1.54, 1.807) is 61.7 Å². The van der Waals surface area contributed by atoms with Crippen molar-refractivity contribution >= 4 is 45.9 Å². The maximum Gasteiger partial charge on any atom is 0.259 e. The molecule has 30 heavy (non-hydrogen) atoms. The van der Waals surface area contributed by atoms with Gasteiger partial charge in [-0.1, -0.05) is 23.2 Å². The van der Waals surface area contributed by atoms with Gasteiger partial charge in [0, 0.05) is 16.8 Å². The average Bonchev–Trinajstić information content (AvgIpc) is 3.18. The normalized spacial score (nSPS) is 10.8. The summed E-state index contributed by atoms with van der Waals surface area (Å²) in [4.78, 5) is 17.2. The Morgan fingerprint density at radius 2 is 1.83 bits per heavy atom. The number of anilines is 1. The highest BCUT2D eigenvalue weighted by Gasteiger charge is 2.16. The van der Waals surface area contributed by atoms with Crippen molar-refractivity contribution in [3.8, 4) is 23.0 Å². The summed E-state index contributed by atoms with van der Waals surface area (Å²) < 4.78 is 16.3. The predicted molar refractivity (Wildman–Crippen MR) is 117 cm³/mol. The summed E-state index contributed by atoms with van der Waals surface area (Å²) >= 11 is 12.3. The van der Waals surface area contributed by atoms with E-state index in [-0.39, 0.29) is 5.91 Å². The molecule has 1 heterocycles. The van der Waals surface area contributed by atoms with Crippen LogP contribution in [0.2, 0.25) is 10.0 Å². The van der Waals surface area contributed by atoms with E-state index in [9.17, 15) is 4.79 Å². The Kier molecular flexibility index (Phi) is 5.53. The summed E-state index contributed by atoms with van der Waals surface area (Å²) in [6, 6.07) is 15.2. The van der Waals surface area contributed by atoms with Gasteiger partial charge >= 0.3 is 0 Å². The first-order valence-electron chi connectivity index (χ1n) is 8.88. The average molecular weight is 443 g/mol. The lowest BCUT2D eigenvalue weighted by molar-refractivity contribution is 0.102. The quantitative estimate of drug-likeness (QED) is 0.405. The summed E-state index contributed by atoms with van der Waals surface area (Å²) in [5.41, 5.74) is 2.66. The number of carbonyl (C=O) groups is 1. The highest BCUT2D eigenvalue weighted by Crippen LogP contribution is 2.33. The van der Waals surface area contributed by atoms with E-state index in [1.165, 1.54) is 7.11 Å². The van der Waals surface area contributed by atoms with Crippen molar-refractivity contribution in [2.24, 2.45) is 0 Å². The third-order valence-corrected chi connectivity index (χ3v) is 5.02. The van der Waals surface area contributed by atoms with Gasteiger partial charge in [0.1, 0.15) is 17.0 Å². The Bertz CT molecular complexity index is 1250. The molecular weight excluding hydrogens is 427 g/mol. The van der Waals surface area contributed by atoms with Crippen molar-refractivity contribution in [3.05, 3.63) is 70.2 Å². The first-order chi connectivity index (χ1) is 14.5. The molecule has 0 saturated heterocycles. The van der Waals surface area contributed by atoms with Crippen LogP contribution in [0.25, 0.3) is 22.6 Å². The van der Waals surface area contributed by atoms with E-state index < -0.39 is 0 Å². The van der Waals surface area contributed by atoms with Gasteiger partial charge in [0.25, 0.3) is 5.91 Å². The number of ether oxygens (including phenoxy) is 2. The van der Waals surface area contributed by atoms with Crippen LogP contribution in [0.5, 0.6) is 11.5 Å². The van der Waals surface area contributed by atoms with E-state index in [0.29, 0.717) is 55.3 Å². The number of oxazole rings is 1. The summed E-state index contributed by atoms with van der Waals surface area (Å²) in [6.45, 7) is 0. The fourth-order valence-electron chi connectivity index (χ4n) is 2.97. The lowest BCUT2D eigenvalue weighted by atomic mass is 10.1. The zero-order valence-corrected chi connectivity index (χ0v) is 17.5. The second-order valence-corrected chi connectivity index (χ2v) is 7.19. The first kappa shape index (κ1) is 20.1. The molecule has 0 bridgehead atoms. The maximum absolute atomic E-state index is 12.7. The molecule has 1 aromatic heterocycles. The summed E-state index contributed by atoms with van der Waals surface area (Å²) in [5.74, 6) is 1.03. The van der Waals surface area contributed by atoms with Crippen molar-refractivity contribution in [2.45, 2.75) is 0 Å². The Hall–Kier alpha value is -3.22. The minimum absolute atomic E-state index is 0.324. The number of rotatable bonds is 5. The fourth-order valence-corrected chi connectivity index (χ4v) is 3.34. The van der Waals surface area contributed by atoms with Gasteiger partial charge in [-0.25, -0.2) is 4.98 Å². The standard InChI is InChI=1S/C22H16Cl2N2O4/c1-28-14-5-6-15(20(11-14)29-2)21(27)25-13-4-8-19-18(10-13)26-22(30-19)16-9-12(23)3-7-17(16)24/h3-11H,1-2H3,(H,25,27). The first-order valence-corrected chi connectivity index (χ1v) is 9.63. The molecule has 0 aliphatic carbocycles. The van der Waals surface area contributed by atoms with Gasteiger partial charge in [0.05, 0.1) is 30.4 Å². The van der Waals surface area contributed by atoms with Crippen molar-refractivity contribution in [1.82, 2.24) is 4.98 Å². The van der Waals surface area contributed by atoms with E-state index in [4.69, 9.17) is 37.1 Å². The molecule has 4 rings (SSSR count). The number of methoxy groups -OCH3 is 2. The lowest BCUT2D eigenvalue weighted by Crippen LogP contribution is -2.13. The number of nitrogens with zero attached hydrogens (tertiary/aromatic N) is 1. The number of nitrogens with one attached hydrogen (secondary N) is 1. The zero-order valence-electron chi connectivity index (χ0n) is 16.0. The number of halogens is 2. The number of fused-ring (bicyclic) bond motifs is 1. The molecule has 8 heteroatoms. The molecule has 0 aliphatic heterocycles. The molecule has 0 atom stereocenters. The molecule has 152 valence electrons. The summed E-state index contributed by atoms with van der Waals surface area (Å²) in [6.07, 6.45) is 0. The predicted octanol–water partition coefficient (Wildman–Crippen LogP) is 6.07. The molecule has 0 saturated carbocycles. The number of hydrogen-bond donors (Lipinski definition) is 1. The number of aromatic nitrogens is 1. The Morgan fingerprint density at radius 3 is 2.60 bits per heavy atom. The lowest BCUT2D eigenvalue weighted by Gasteiger charge is -2.10. The molecule has 1 N–H and O–H groups in total. The highest BCUT2D eigenvalue weighted by atomic mass is 35.5. The monoisotopic (exact) mass is 442 g/mol.